The molecule has 1 aromatic rings. The van der Waals surface area contributed by atoms with E-state index in [4.69, 9.17) is 10.5 Å². The highest BCUT2D eigenvalue weighted by atomic mass is 16.6. The molecule has 0 radical (unpaired) electrons. The van der Waals surface area contributed by atoms with E-state index >= 15 is 0 Å². The molecule has 2 rings (SSSR count). The van der Waals surface area contributed by atoms with Gasteiger partial charge in [0.2, 0.25) is 0 Å². The molecule has 0 heterocycles. The summed E-state index contributed by atoms with van der Waals surface area (Å²) in [5.74, 6) is 1.74. The predicted octanol–water partition coefficient (Wildman–Crippen LogP) is 2.74. The molecule has 0 aliphatic heterocycles. The Labute approximate surface area is 112 Å². The van der Waals surface area contributed by atoms with Gasteiger partial charge in [0.15, 0.2) is 0 Å². The smallest absolute Gasteiger partial charge is 0.269 e. The van der Waals surface area contributed by atoms with Crippen LogP contribution in [-0.4, -0.2) is 18.1 Å². The number of hydrogen-bond donors (Lipinski definition) is 1. The Morgan fingerprint density at radius 1 is 1.21 bits per heavy atom. The van der Waals surface area contributed by atoms with Crippen LogP contribution in [0.4, 0.5) is 5.69 Å². The minimum Gasteiger partial charge on any atom is -0.493 e. The molecule has 104 valence electrons. The first-order valence-corrected chi connectivity index (χ1v) is 6.78. The molecule has 2 N–H and O–H groups in total. The number of nitro benzene ring substituents is 1. The van der Waals surface area contributed by atoms with Crippen molar-refractivity contribution in [1.82, 2.24) is 0 Å². The summed E-state index contributed by atoms with van der Waals surface area (Å²) in [6.07, 6.45) is 4.85. The summed E-state index contributed by atoms with van der Waals surface area (Å²) in [6, 6.07) is 6.24. The maximum absolute atomic E-state index is 10.6. The molecule has 19 heavy (non-hydrogen) atoms. The zero-order valence-electron chi connectivity index (χ0n) is 11.0. The van der Waals surface area contributed by atoms with Crippen molar-refractivity contribution >= 4 is 5.69 Å². The van der Waals surface area contributed by atoms with Gasteiger partial charge in [-0.2, -0.15) is 0 Å². The third-order valence-electron chi connectivity index (χ3n) is 3.88. The molecule has 0 saturated heterocycles. The molecule has 0 aromatic heterocycles. The molecule has 2 unspecified atom stereocenters. The summed E-state index contributed by atoms with van der Waals surface area (Å²) < 4.78 is 5.73. The summed E-state index contributed by atoms with van der Waals surface area (Å²) in [6.45, 7) is 1.37. The van der Waals surface area contributed by atoms with Crippen molar-refractivity contribution in [3.05, 3.63) is 34.4 Å². The normalized spacial score (nSPS) is 23.0. The van der Waals surface area contributed by atoms with Crippen molar-refractivity contribution in [2.24, 2.45) is 17.6 Å². The monoisotopic (exact) mass is 264 g/mol. The van der Waals surface area contributed by atoms with E-state index in [1.807, 2.05) is 0 Å². The minimum absolute atomic E-state index is 0.0878. The topological polar surface area (TPSA) is 78.4 Å². The lowest BCUT2D eigenvalue weighted by atomic mass is 9.80. The molecule has 0 amide bonds. The van der Waals surface area contributed by atoms with Gasteiger partial charge in [-0.05, 0) is 43.4 Å². The molecule has 1 aromatic carbocycles. The lowest BCUT2D eigenvalue weighted by Crippen LogP contribution is -2.30. The summed E-state index contributed by atoms with van der Waals surface area (Å²) in [4.78, 5) is 10.1. The third kappa shape index (κ3) is 3.67. The Bertz CT molecular complexity index is 419. The average molecular weight is 264 g/mol. The van der Waals surface area contributed by atoms with Crippen LogP contribution in [0.2, 0.25) is 0 Å². The molecule has 1 saturated carbocycles. The Kier molecular flexibility index (Phi) is 4.74. The number of hydrogen-bond acceptors (Lipinski definition) is 4. The van der Waals surface area contributed by atoms with Gasteiger partial charge < -0.3 is 10.5 Å². The average Bonchev–Trinajstić information content (AvgIpc) is 2.45. The standard InChI is InChI=1S/C14H20N2O3/c15-9-11-3-1-2-4-12(11)10-19-14-7-5-13(6-8-14)16(17)18/h5-8,11-12H,1-4,9-10,15H2. The van der Waals surface area contributed by atoms with Gasteiger partial charge in [0.1, 0.15) is 5.75 Å². The van der Waals surface area contributed by atoms with E-state index in [1.54, 1.807) is 12.1 Å². The SMILES string of the molecule is NCC1CCCCC1COc1ccc([N+](=O)[O-])cc1. The number of nitro groups is 1. The Morgan fingerprint density at radius 3 is 2.42 bits per heavy atom. The van der Waals surface area contributed by atoms with E-state index in [0.29, 0.717) is 30.7 Å². The van der Waals surface area contributed by atoms with Crippen molar-refractivity contribution in [2.45, 2.75) is 25.7 Å². The molecular formula is C14H20N2O3. The van der Waals surface area contributed by atoms with E-state index in [-0.39, 0.29) is 5.69 Å². The van der Waals surface area contributed by atoms with Gasteiger partial charge in [0.25, 0.3) is 5.69 Å². The molecule has 1 aliphatic rings. The Morgan fingerprint density at radius 2 is 1.84 bits per heavy atom. The van der Waals surface area contributed by atoms with Gasteiger partial charge in [0, 0.05) is 12.1 Å². The van der Waals surface area contributed by atoms with Crippen LogP contribution in [0.3, 0.4) is 0 Å². The molecule has 2 atom stereocenters. The first kappa shape index (κ1) is 13.8. The van der Waals surface area contributed by atoms with E-state index in [9.17, 15) is 10.1 Å². The molecule has 0 bridgehead atoms. The van der Waals surface area contributed by atoms with Crippen LogP contribution in [-0.2, 0) is 0 Å². The van der Waals surface area contributed by atoms with Crippen molar-refractivity contribution in [3.8, 4) is 5.75 Å². The molecule has 0 spiro atoms. The van der Waals surface area contributed by atoms with E-state index in [0.717, 1.165) is 6.42 Å². The number of nitrogens with two attached hydrogens (primary N) is 1. The van der Waals surface area contributed by atoms with Crippen LogP contribution in [0, 0.1) is 22.0 Å². The van der Waals surface area contributed by atoms with Crippen LogP contribution in [0.1, 0.15) is 25.7 Å². The zero-order valence-corrected chi connectivity index (χ0v) is 11.0. The zero-order chi connectivity index (χ0) is 13.7. The molecule has 1 fully saturated rings. The summed E-state index contributed by atoms with van der Waals surface area (Å²) in [7, 11) is 0. The number of rotatable bonds is 5. The highest BCUT2D eigenvalue weighted by molar-refractivity contribution is 5.35. The number of nitrogens with zero attached hydrogens (tertiary/aromatic N) is 1. The quantitative estimate of drug-likeness (QED) is 0.655. The fraction of sp³-hybridized carbons (Fsp3) is 0.571. The van der Waals surface area contributed by atoms with Crippen LogP contribution in [0.25, 0.3) is 0 Å². The summed E-state index contributed by atoms with van der Waals surface area (Å²) >= 11 is 0. The van der Waals surface area contributed by atoms with Crippen LogP contribution >= 0.6 is 0 Å². The Balaban J connectivity index is 1.88. The fourth-order valence-corrected chi connectivity index (χ4v) is 2.68. The highest BCUT2D eigenvalue weighted by Crippen LogP contribution is 2.30. The van der Waals surface area contributed by atoms with E-state index < -0.39 is 4.92 Å². The van der Waals surface area contributed by atoms with Crippen LogP contribution in [0.15, 0.2) is 24.3 Å². The lowest BCUT2D eigenvalue weighted by Gasteiger charge is -2.30. The minimum atomic E-state index is -0.407. The van der Waals surface area contributed by atoms with Crippen molar-refractivity contribution < 1.29 is 9.66 Å². The van der Waals surface area contributed by atoms with Crippen molar-refractivity contribution in [3.63, 3.8) is 0 Å². The second-order valence-electron chi connectivity index (χ2n) is 5.10. The second kappa shape index (κ2) is 6.52. The lowest BCUT2D eigenvalue weighted by molar-refractivity contribution is -0.384. The first-order chi connectivity index (χ1) is 9.20. The molecular weight excluding hydrogens is 244 g/mol. The van der Waals surface area contributed by atoms with Crippen molar-refractivity contribution in [2.75, 3.05) is 13.2 Å². The van der Waals surface area contributed by atoms with Gasteiger partial charge in [-0.15, -0.1) is 0 Å². The number of ether oxygens (including phenoxy) is 1. The third-order valence-corrected chi connectivity index (χ3v) is 3.88. The van der Waals surface area contributed by atoms with Gasteiger partial charge in [-0.25, -0.2) is 0 Å². The fourth-order valence-electron chi connectivity index (χ4n) is 2.68. The highest BCUT2D eigenvalue weighted by Gasteiger charge is 2.24. The van der Waals surface area contributed by atoms with Gasteiger partial charge >= 0.3 is 0 Å². The Hall–Kier alpha value is -1.62. The van der Waals surface area contributed by atoms with E-state index in [1.165, 1.54) is 31.4 Å². The van der Waals surface area contributed by atoms with Gasteiger partial charge in [-0.3, -0.25) is 10.1 Å². The molecule has 5 heteroatoms. The maximum Gasteiger partial charge on any atom is 0.269 e. The van der Waals surface area contributed by atoms with Crippen LogP contribution in [0.5, 0.6) is 5.75 Å². The largest absolute Gasteiger partial charge is 0.493 e. The maximum atomic E-state index is 10.6. The van der Waals surface area contributed by atoms with E-state index in [2.05, 4.69) is 0 Å². The number of benzene rings is 1. The van der Waals surface area contributed by atoms with Crippen LogP contribution < -0.4 is 10.5 Å². The summed E-state index contributed by atoms with van der Waals surface area (Å²) in [5, 5.41) is 10.6. The summed E-state index contributed by atoms with van der Waals surface area (Å²) in [5.41, 5.74) is 5.87. The van der Waals surface area contributed by atoms with Crippen molar-refractivity contribution in [1.29, 1.82) is 0 Å². The first-order valence-electron chi connectivity index (χ1n) is 6.78. The van der Waals surface area contributed by atoms with Gasteiger partial charge in [0.05, 0.1) is 11.5 Å². The predicted molar refractivity (Wildman–Crippen MR) is 73.1 cm³/mol. The van der Waals surface area contributed by atoms with Gasteiger partial charge in [-0.1, -0.05) is 12.8 Å². The second-order valence-corrected chi connectivity index (χ2v) is 5.10. The number of non-ortho nitro benzene ring substituents is 1. The molecule has 1 aliphatic carbocycles. The molecule has 5 nitrogen and oxygen atoms in total.